The van der Waals surface area contributed by atoms with Crippen molar-refractivity contribution in [2.75, 3.05) is 20.2 Å². The number of rotatable bonds is 32. The molecule has 0 spiro atoms. The highest BCUT2D eigenvalue weighted by Crippen LogP contribution is 2.34. The molecule has 44 heavy (non-hydrogen) atoms. The van der Waals surface area contributed by atoms with Crippen molar-refractivity contribution in [2.24, 2.45) is 0 Å². The smallest absolute Gasteiger partial charge is 0.168 e. The molecule has 1 unspecified atom stereocenters. The molecule has 1 atom stereocenters. The molecular formula is C41H75NO2. The van der Waals surface area contributed by atoms with Crippen LogP contribution in [-0.4, -0.2) is 32.1 Å². The minimum atomic E-state index is -0.327. The number of likely N-dealkylation sites (N-methyl/N-ethyl adjacent to an activating group) is 1. The average Bonchev–Trinajstić information content (AvgIpc) is 3.43. The molecule has 1 rings (SSSR count). The molecule has 1 heterocycles. The largest absolute Gasteiger partial charge is 0.347 e. The van der Waals surface area contributed by atoms with Gasteiger partial charge in [0.25, 0.3) is 0 Å². The lowest BCUT2D eigenvalue weighted by atomic mass is 9.98. The summed E-state index contributed by atoms with van der Waals surface area (Å²) < 4.78 is 12.9. The second-order valence-corrected chi connectivity index (χ2v) is 13.2. The normalized spacial score (nSPS) is 19.2. The van der Waals surface area contributed by atoms with Crippen molar-refractivity contribution < 1.29 is 9.47 Å². The maximum absolute atomic E-state index is 6.53. The van der Waals surface area contributed by atoms with E-state index in [1.54, 1.807) is 0 Å². The van der Waals surface area contributed by atoms with Gasteiger partial charge in [0.15, 0.2) is 5.79 Å². The first-order valence-electron chi connectivity index (χ1n) is 19.3. The summed E-state index contributed by atoms with van der Waals surface area (Å²) in [5.74, 6) is -0.327. The van der Waals surface area contributed by atoms with Crippen molar-refractivity contribution >= 4 is 0 Å². The molecule has 0 saturated carbocycles. The summed E-state index contributed by atoms with van der Waals surface area (Å²) in [5, 5.41) is 3.27. The lowest BCUT2D eigenvalue weighted by molar-refractivity contribution is -0.178. The molecule has 1 fully saturated rings. The Kier molecular flexibility index (Phi) is 29.5. The quantitative estimate of drug-likeness (QED) is 0.0605. The van der Waals surface area contributed by atoms with Crippen molar-refractivity contribution in [3.8, 4) is 0 Å². The van der Waals surface area contributed by atoms with Crippen LogP contribution in [0.5, 0.6) is 0 Å². The first-order chi connectivity index (χ1) is 21.8. The van der Waals surface area contributed by atoms with Gasteiger partial charge in [0.2, 0.25) is 0 Å². The summed E-state index contributed by atoms with van der Waals surface area (Å²) in [4.78, 5) is 0. The molecule has 0 aromatic carbocycles. The molecule has 1 aliphatic rings. The fourth-order valence-corrected chi connectivity index (χ4v) is 6.10. The second-order valence-electron chi connectivity index (χ2n) is 13.2. The fraction of sp³-hybridized carbons (Fsp3) is 0.805. The number of allylic oxidation sites excluding steroid dienone is 8. The van der Waals surface area contributed by atoms with Crippen LogP contribution in [0.2, 0.25) is 0 Å². The Bertz CT molecular complexity index is 661. The van der Waals surface area contributed by atoms with Gasteiger partial charge in [0.05, 0.1) is 12.7 Å². The van der Waals surface area contributed by atoms with Crippen molar-refractivity contribution in [3.63, 3.8) is 0 Å². The molecule has 0 aliphatic carbocycles. The van der Waals surface area contributed by atoms with E-state index in [1.807, 2.05) is 7.05 Å². The standard InChI is InChI=1S/C41H75NO2/c1-4-6-8-10-12-14-16-18-20-22-24-26-28-30-32-34-36-41(43-39-40(44-41)38-42-3)37-35-33-31-29-27-25-23-21-19-17-15-13-11-9-7-5-2/h12-15,18-21,40,42H,4-11,16-17,22-39H2,1-3H3. The van der Waals surface area contributed by atoms with Gasteiger partial charge in [-0.25, -0.2) is 0 Å². The summed E-state index contributed by atoms with van der Waals surface area (Å²) in [6, 6.07) is 0. The van der Waals surface area contributed by atoms with E-state index in [-0.39, 0.29) is 11.9 Å². The fourth-order valence-electron chi connectivity index (χ4n) is 6.10. The SMILES string of the molecule is CCCCCC=CCC=CCCCCCCCCC1(CCCCCCCCC=CCC=CCCCCC)OCC(CNC)O1. The Hall–Kier alpha value is -1.16. The highest BCUT2D eigenvalue weighted by Gasteiger charge is 2.40. The molecule has 0 radical (unpaired) electrons. The predicted molar refractivity (Wildman–Crippen MR) is 195 cm³/mol. The van der Waals surface area contributed by atoms with E-state index >= 15 is 0 Å². The van der Waals surface area contributed by atoms with E-state index in [4.69, 9.17) is 9.47 Å². The third-order valence-electron chi connectivity index (χ3n) is 8.86. The van der Waals surface area contributed by atoms with Crippen LogP contribution >= 0.6 is 0 Å². The maximum Gasteiger partial charge on any atom is 0.168 e. The lowest BCUT2D eigenvalue weighted by Gasteiger charge is -2.28. The molecule has 1 saturated heterocycles. The van der Waals surface area contributed by atoms with E-state index in [0.29, 0.717) is 0 Å². The molecule has 0 aromatic rings. The number of hydrogen-bond donors (Lipinski definition) is 1. The van der Waals surface area contributed by atoms with Gasteiger partial charge in [-0.1, -0.05) is 140 Å². The van der Waals surface area contributed by atoms with Crippen molar-refractivity contribution in [2.45, 2.75) is 193 Å². The highest BCUT2D eigenvalue weighted by molar-refractivity contribution is 4.93. The minimum Gasteiger partial charge on any atom is -0.347 e. The average molecular weight is 614 g/mol. The monoisotopic (exact) mass is 614 g/mol. The minimum absolute atomic E-state index is 0.203. The van der Waals surface area contributed by atoms with Crippen LogP contribution in [0, 0.1) is 0 Å². The van der Waals surface area contributed by atoms with Crippen LogP contribution in [0.15, 0.2) is 48.6 Å². The Labute approximate surface area is 275 Å². The number of nitrogens with one attached hydrogen (secondary N) is 1. The van der Waals surface area contributed by atoms with E-state index < -0.39 is 0 Å². The van der Waals surface area contributed by atoms with E-state index in [2.05, 4.69) is 67.8 Å². The Morgan fingerprint density at radius 2 is 0.909 bits per heavy atom. The zero-order chi connectivity index (χ0) is 31.7. The molecule has 256 valence electrons. The van der Waals surface area contributed by atoms with Crippen molar-refractivity contribution in [1.29, 1.82) is 0 Å². The molecule has 0 aromatic heterocycles. The van der Waals surface area contributed by atoms with Gasteiger partial charge in [0, 0.05) is 19.4 Å². The zero-order valence-electron chi connectivity index (χ0n) is 29.8. The summed E-state index contributed by atoms with van der Waals surface area (Å²) in [5.41, 5.74) is 0. The first-order valence-corrected chi connectivity index (χ1v) is 19.3. The first kappa shape index (κ1) is 40.9. The number of hydrogen-bond acceptors (Lipinski definition) is 3. The summed E-state index contributed by atoms with van der Waals surface area (Å²) in [6.07, 6.45) is 52.1. The van der Waals surface area contributed by atoms with Crippen LogP contribution < -0.4 is 5.32 Å². The van der Waals surface area contributed by atoms with Gasteiger partial charge in [-0.3, -0.25) is 0 Å². The van der Waals surface area contributed by atoms with Gasteiger partial charge in [-0.2, -0.15) is 0 Å². The van der Waals surface area contributed by atoms with Crippen LogP contribution in [0.25, 0.3) is 0 Å². The molecule has 1 aliphatic heterocycles. The summed E-state index contributed by atoms with van der Waals surface area (Å²) in [7, 11) is 2.01. The maximum atomic E-state index is 6.53. The summed E-state index contributed by atoms with van der Waals surface area (Å²) >= 11 is 0. The molecule has 0 bridgehead atoms. The van der Waals surface area contributed by atoms with Crippen molar-refractivity contribution in [3.05, 3.63) is 48.6 Å². The van der Waals surface area contributed by atoms with Crippen LogP contribution in [0.4, 0.5) is 0 Å². The molecular weight excluding hydrogens is 538 g/mol. The molecule has 1 N–H and O–H groups in total. The third kappa shape index (κ3) is 25.1. The molecule has 3 nitrogen and oxygen atoms in total. The number of unbranched alkanes of at least 4 members (excludes halogenated alkanes) is 18. The van der Waals surface area contributed by atoms with Gasteiger partial charge in [-0.15, -0.1) is 0 Å². The van der Waals surface area contributed by atoms with E-state index in [1.165, 1.54) is 141 Å². The van der Waals surface area contributed by atoms with Crippen molar-refractivity contribution in [1.82, 2.24) is 5.32 Å². The molecule has 3 heteroatoms. The van der Waals surface area contributed by atoms with Gasteiger partial charge < -0.3 is 14.8 Å². The predicted octanol–water partition coefficient (Wildman–Crippen LogP) is 12.7. The molecule has 0 amide bonds. The van der Waals surface area contributed by atoms with Crippen LogP contribution in [-0.2, 0) is 9.47 Å². The topological polar surface area (TPSA) is 30.5 Å². The van der Waals surface area contributed by atoms with Gasteiger partial charge in [-0.05, 0) is 84.1 Å². The third-order valence-corrected chi connectivity index (χ3v) is 8.86. The number of ether oxygens (including phenoxy) is 2. The summed E-state index contributed by atoms with van der Waals surface area (Å²) in [6.45, 7) is 6.16. The zero-order valence-corrected chi connectivity index (χ0v) is 29.8. The second kappa shape index (κ2) is 31.8. The lowest BCUT2D eigenvalue weighted by Crippen LogP contribution is -2.33. The Morgan fingerprint density at radius 3 is 1.32 bits per heavy atom. The highest BCUT2D eigenvalue weighted by atomic mass is 16.7. The van der Waals surface area contributed by atoms with Crippen LogP contribution in [0.3, 0.4) is 0 Å². The Morgan fingerprint density at radius 1 is 0.523 bits per heavy atom. The van der Waals surface area contributed by atoms with Crippen LogP contribution in [0.1, 0.15) is 181 Å². The van der Waals surface area contributed by atoms with E-state index in [9.17, 15) is 0 Å². The Balaban J connectivity index is 2.08. The van der Waals surface area contributed by atoms with Gasteiger partial charge in [0.1, 0.15) is 0 Å². The van der Waals surface area contributed by atoms with Gasteiger partial charge >= 0.3 is 0 Å². The van der Waals surface area contributed by atoms with E-state index in [0.717, 1.165) is 38.8 Å².